The summed E-state index contributed by atoms with van der Waals surface area (Å²) in [4.78, 5) is 24.7. The number of likely N-dealkylation sites (tertiary alicyclic amines) is 1. The molecule has 2 amide bonds. The average Bonchev–Trinajstić information content (AvgIpc) is 2.28. The number of aliphatic carboxylic acids is 1. The molecule has 0 spiro atoms. The molecule has 0 aromatic heterocycles. The van der Waals surface area contributed by atoms with E-state index < -0.39 is 12.0 Å². The highest BCUT2D eigenvalue weighted by Gasteiger charge is 2.26. The van der Waals surface area contributed by atoms with Crippen LogP contribution in [-0.4, -0.2) is 40.6 Å². The normalized spacial score (nSPS) is 22.0. The number of rotatable bonds is 4. The first-order valence-corrected chi connectivity index (χ1v) is 6.36. The fourth-order valence-electron chi connectivity index (χ4n) is 2.18. The fourth-order valence-corrected chi connectivity index (χ4v) is 2.18. The molecule has 5 nitrogen and oxygen atoms in total. The summed E-state index contributed by atoms with van der Waals surface area (Å²) in [5, 5.41) is 11.6. The van der Waals surface area contributed by atoms with Crippen LogP contribution in [0.2, 0.25) is 0 Å². The molecule has 1 saturated heterocycles. The Morgan fingerprint density at radius 2 is 2.18 bits per heavy atom. The van der Waals surface area contributed by atoms with E-state index in [9.17, 15) is 9.59 Å². The van der Waals surface area contributed by atoms with E-state index in [4.69, 9.17) is 5.11 Å². The second kappa shape index (κ2) is 6.47. The summed E-state index contributed by atoms with van der Waals surface area (Å²) in [6, 6.07) is -0.792. The van der Waals surface area contributed by atoms with Crippen molar-refractivity contribution >= 4 is 12.0 Å². The summed E-state index contributed by atoms with van der Waals surface area (Å²) in [5.41, 5.74) is 0. The molecule has 98 valence electrons. The number of urea groups is 1. The summed E-state index contributed by atoms with van der Waals surface area (Å²) >= 11 is 0. The molecule has 1 aliphatic heterocycles. The molecule has 2 N–H and O–H groups in total. The number of carbonyl (C=O) groups excluding carboxylic acids is 1. The van der Waals surface area contributed by atoms with Gasteiger partial charge in [0.1, 0.15) is 6.04 Å². The molecule has 2 unspecified atom stereocenters. The molecule has 2 atom stereocenters. The largest absolute Gasteiger partial charge is 0.480 e. The van der Waals surface area contributed by atoms with Crippen molar-refractivity contribution in [3.63, 3.8) is 0 Å². The third-order valence-corrected chi connectivity index (χ3v) is 3.24. The molecule has 0 radical (unpaired) electrons. The van der Waals surface area contributed by atoms with Gasteiger partial charge in [-0.25, -0.2) is 9.59 Å². The number of piperidine rings is 1. The van der Waals surface area contributed by atoms with Gasteiger partial charge in [0, 0.05) is 12.6 Å². The van der Waals surface area contributed by atoms with Crippen LogP contribution in [-0.2, 0) is 4.79 Å². The van der Waals surface area contributed by atoms with Crippen LogP contribution in [0.5, 0.6) is 0 Å². The standard InChI is InChI=1S/C12H22N2O3/c1-3-6-10(11(15)16)13-12(17)14-8-5-4-7-9(14)2/h9-10H,3-8H2,1-2H3,(H,13,17)(H,15,16). The van der Waals surface area contributed by atoms with Gasteiger partial charge in [0.2, 0.25) is 0 Å². The van der Waals surface area contributed by atoms with Crippen LogP contribution >= 0.6 is 0 Å². The summed E-state index contributed by atoms with van der Waals surface area (Å²) in [6.07, 6.45) is 4.36. The first-order chi connectivity index (χ1) is 8.06. The maximum absolute atomic E-state index is 11.9. The Balaban J connectivity index is 2.53. The van der Waals surface area contributed by atoms with Gasteiger partial charge in [-0.1, -0.05) is 13.3 Å². The SMILES string of the molecule is CCCC(NC(=O)N1CCCCC1C)C(=O)O. The number of nitrogens with one attached hydrogen (secondary N) is 1. The zero-order valence-electron chi connectivity index (χ0n) is 10.6. The van der Waals surface area contributed by atoms with Crippen molar-refractivity contribution in [3.8, 4) is 0 Å². The van der Waals surface area contributed by atoms with Gasteiger partial charge < -0.3 is 15.3 Å². The Hall–Kier alpha value is -1.26. The monoisotopic (exact) mass is 242 g/mol. The summed E-state index contributed by atoms with van der Waals surface area (Å²) in [7, 11) is 0. The Morgan fingerprint density at radius 1 is 1.47 bits per heavy atom. The Bertz CT molecular complexity index is 281. The van der Waals surface area contributed by atoms with Gasteiger partial charge in [-0.05, 0) is 32.6 Å². The lowest BCUT2D eigenvalue weighted by Crippen LogP contribution is -2.52. The van der Waals surface area contributed by atoms with E-state index >= 15 is 0 Å². The molecule has 0 bridgehead atoms. The first-order valence-electron chi connectivity index (χ1n) is 6.36. The van der Waals surface area contributed by atoms with Crippen LogP contribution in [0.3, 0.4) is 0 Å². The van der Waals surface area contributed by atoms with E-state index in [0.29, 0.717) is 6.42 Å². The first kappa shape index (κ1) is 13.8. The topological polar surface area (TPSA) is 69.6 Å². The fraction of sp³-hybridized carbons (Fsp3) is 0.833. The zero-order chi connectivity index (χ0) is 12.8. The molecule has 5 heteroatoms. The van der Waals surface area contributed by atoms with Crippen molar-refractivity contribution in [2.45, 2.75) is 58.0 Å². The molecule has 0 aromatic carbocycles. The van der Waals surface area contributed by atoms with Crippen molar-refractivity contribution < 1.29 is 14.7 Å². The highest BCUT2D eigenvalue weighted by Crippen LogP contribution is 2.16. The highest BCUT2D eigenvalue weighted by molar-refractivity contribution is 5.82. The average molecular weight is 242 g/mol. The number of carbonyl (C=O) groups is 2. The van der Waals surface area contributed by atoms with Crippen molar-refractivity contribution in [1.29, 1.82) is 0 Å². The summed E-state index contributed by atoms with van der Waals surface area (Å²) in [5.74, 6) is -0.954. The van der Waals surface area contributed by atoms with Crippen molar-refractivity contribution in [2.75, 3.05) is 6.54 Å². The van der Waals surface area contributed by atoms with Gasteiger partial charge in [-0.3, -0.25) is 0 Å². The maximum Gasteiger partial charge on any atom is 0.326 e. The third-order valence-electron chi connectivity index (χ3n) is 3.24. The van der Waals surface area contributed by atoms with Crippen LogP contribution in [0.1, 0.15) is 46.0 Å². The van der Waals surface area contributed by atoms with E-state index in [1.807, 2.05) is 13.8 Å². The predicted molar refractivity (Wildman–Crippen MR) is 64.9 cm³/mol. The Kier molecular flexibility index (Phi) is 5.25. The minimum absolute atomic E-state index is 0.208. The molecular weight excluding hydrogens is 220 g/mol. The number of hydrogen-bond acceptors (Lipinski definition) is 2. The molecule has 0 saturated carbocycles. The van der Waals surface area contributed by atoms with Crippen molar-refractivity contribution in [1.82, 2.24) is 10.2 Å². The molecule has 1 rings (SSSR count). The number of carboxylic acid groups (broad SMARTS) is 1. The van der Waals surface area contributed by atoms with E-state index in [2.05, 4.69) is 5.32 Å². The number of nitrogens with zero attached hydrogens (tertiary/aromatic N) is 1. The van der Waals surface area contributed by atoms with Gasteiger partial charge in [0.05, 0.1) is 0 Å². The maximum atomic E-state index is 11.9. The molecule has 0 aromatic rings. The quantitative estimate of drug-likeness (QED) is 0.790. The molecular formula is C12H22N2O3. The van der Waals surface area contributed by atoms with Crippen LogP contribution in [0.25, 0.3) is 0 Å². The second-order valence-electron chi connectivity index (χ2n) is 4.67. The lowest BCUT2D eigenvalue weighted by Gasteiger charge is -2.34. The minimum atomic E-state index is -0.954. The van der Waals surface area contributed by atoms with Gasteiger partial charge in [-0.2, -0.15) is 0 Å². The van der Waals surface area contributed by atoms with Crippen LogP contribution in [0.4, 0.5) is 4.79 Å². The minimum Gasteiger partial charge on any atom is -0.480 e. The second-order valence-corrected chi connectivity index (χ2v) is 4.67. The number of carboxylic acids is 1. The molecule has 1 heterocycles. The van der Waals surface area contributed by atoms with E-state index in [1.165, 1.54) is 0 Å². The third kappa shape index (κ3) is 3.91. The van der Waals surface area contributed by atoms with Gasteiger partial charge >= 0.3 is 12.0 Å². The van der Waals surface area contributed by atoms with Crippen LogP contribution in [0, 0.1) is 0 Å². The molecule has 17 heavy (non-hydrogen) atoms. The van der Waals surface area contributed by atoms with Crippen LogP contribution < -0.4 is 5.32 Å². The Labute approximate surface area is 102 Å². The van der Waals surface area contributed by atoms with Crippen molar-refractivity contribution in [3.05, 3.63) is 0 Å². The molecule has 1 fully saturated rings. The molecule has 0 aliphatic carbocycles. The van der Waals surface area contributed by atoms with Crippen LogP contribution in [0.15, 0.2) is 0 Å². The van der Waals surface area contributed by atoms with E-state index in [-0.39, 0.29) is 12.1 Å². The number of hydrogen-bond donors (Lipinski definition) is 2. The van der Waals surface area contributed by atoms with Crippen molar-refractivity contribution in [2.24, 2.45) is 0 Å². The highest BCUT2D eigenvalue weighted by atomic mass is 16.4. The summed E-state index contributed by atoms with van der Waals surface area (Å²) < 4.78 is 0. The number of amides is 2. The molecule has 1 aliphatic rings. The van der Waals surface area contributed by atoms with E-state index in [0.717, 1.165) is 32.2 Å². The van der Waals surface area contributed by atoms with Gasteiger partial charge in [-0.15, -0.1) is 0 Å². The summed E-state index contributed by atoms with van der Waals surface area (Å²) in [6.45, 7) is 4.64. The zero-order valence-corrected chi connectivity index (χ0v) is 10.6. The predicted octanol–water partition coefficient (Wildman–Crippen LogP) is 1.82. The smallest absolute Gasteiger partial charge is 0.326 e. The Morgan fingerprint density at radius 3 is 2.71 bits per heavy atom. The van der Waals surface area contributed by atoms with Gasteiger partial charge in [0.15, 0.2) is 0 Å². The lowest BCUT2D eigenvalue weighted by molar-refractivity contribution is -0.139. The van der Waals surface area contributed by atoms with E-state index in [1.54, 1.807) is 4.90 Å². The lowest BCUT2D eigenvalue weighted by atomic mass is 10.0. The van der Waals surface area contributed by atoms with Gasteiger partial charge in [0.25, 0.3) is 0 Å².